The molecule has 0 bridgehead atoms. The van der Waals surface area contributed by atoms with E-state index in [9.17, 15) is 4.79 Å². The lowest BCUT2D eigenvalue weighted by Crippen LogP contribution is -2.30. The topological polar surface area (TPSA) is 46.3 Å². The van der Waals surface area contributed by atoms with Gasteiger partial charge in [0.25, 0.3) is 0 Å². The molecule has 0 aromatic rings. The molecule has 0 radical (unpaired) electrons. The molecular formula is C33H68N2OS2. The van der Waals surface area contributed by atoms with Gasteiger partial charge in [0.1, 0.15) is 0 Å². The smallest absolute Gasteiger partial charge is 0.220 e. The zero-order chi connectivity index (χ0) is 28.1. The Kier molecular flexibility index (Phi) is 30.2. The average molecular weight is 573 g/mol. The van der Waals surface area contributed by atoms with Crippen molar-refractivity contribution in [2.75, 3.05) is 37.9 Å². The fraction of sp³-hybridized carbons (Fsp3) is 0.970. The lowest BCUT2D eigenvalue weighted by Gasteiger charge is -2.22. The molecule has 3 nitrogen and oxygen atoms in total. The molecule has 1 amide bonds. The third-order valence-electron chi connectivity index (χ3n) is 7.67. The minimum absolute atomic E-state index is 0.0144. The Morgan fingerprint density at radius 3 is 1.50 bits per heavy atom. The van der Waals surface area contributed by atoms with Gasteiger partial charge < -0.3 is 10.6 Å². The molecule has 0 aliphatic carbocycles. The van der Waals surface area contributed by atoms with Crippen LogP contribution in [0.2, 0.25) is 0 Å². The molecule has 0 aromatic carbocycles. The SMILES string of the molecule is CCCCCCCCCCCCSCC(CC(CCN(C)C)C(N)=O)SCCCCCCCCCCCC. The van der Waals surface area contributed by atoms with Gasteiger partial charge in [0.2, 0.25) is 5.91 Å². The molecule has 0 aromatic heterocycles. The highest BCUT2D eigenvalue weighted by atomic mass is 32.2. The van der Waals surface area contributed by atoms with Gasteiger partial charge in [-0.25, -0.2) is 0 Å². The Labute approximate surface area is 248 Å². The van der Waals surface area contributed by atoms with Gasteiger partial charge in [0.05, 0.1) is 0 Å². The lowest BCUT2D eigenvalue weighted by atomic mass is 9.99. The second kappa shape index (κ2) is 30.1. The molecule has 0 rings (SSSR count). The van der Waals surface area contributed by atoms with Gasteiger partial charge in [-0.1, -0.05) is 129 Å². The third kappa shape index (κ3) is 27.7. The molecule has 2 atom stereocenters. The average Bonchev–Trinajstić information content (AvgIpc) is 2.89. The number of unbranched alkanes of at least 4 members (excludes halogenated alkanes) is 18. The van der Waals surface area contributed by atoms with Crippen LogP contribution in [0.5, 0.6) is 0 Å². The Morgan fingerprint density at radius 1 is 0.658 bits per heavy atom. The second-order valence-electron chi connectivity index (χ2n) is 11.9. The number of nitrogens with zero attached hydrogens (tertiary/aromatic N) is 1. The van der Waals surface area contributed by atoms with Gasteiger partial charge in [-0.3, -0.25) is 4.79 Å². The van der Waals surface area contributed by atoms with Gasteiger partial charge in [-0.15, -0.1) is 0 Å². The molecule has 0 spiro atoms. The Hall–Kier alpha value is 0.130. The van der Waals surface area contributed by atoms with Crippen molar-refractivity contribution in [2.24, 2.45) is 11.7 Å². The van der Waals surface area contributed by atoms with Crippen LogP contribution in [0.3, 0.4) is 0 Å². The van der Waals surface area contributed by atoms with Crippen molar-refractivity contribution in [1.29, 1.82) is 0 Å². The molecule has 2 N–H and O–H groups in total. The summed E-state index contributed by atoms with van der Waals surface area (Å²) in [6, 6.07) is 0. The summed E-state index contributed by atoms with van der Waals surface area (Å²) >= 11 is 4.24. The zero-order valence-electron chi connectivity index (χ0n) is 26.3. The normalized spacial score (nSPS) is 13.3. The number of thioether (sulfide) groups is 2. The maximum atomic E-state index is 12.2. The van der Waals surface area contributed by atoms with Crippen LogP contribution in [0.1, 0.15) is 155 Å². The van der Waals surface area contributed by atoms with Gasteiger partial charge in [0, 0.05) is 16.9 Å². The Bertz CT molecular complexity index is 490. The van der Waals surface area contributed by atoms with E-state index in [2.05, 4.69) is 56.4 Å². The van der Waals surface area contributed by atoms with E-state index >= 15 is 0 Å². The number of amides is 1. The van der Waals surface area contributed by atoms with E-state index in [1.54, 1.807) is 0 Å². The molecule has 0 aliphatic heterocycles. The van der Waals surface area contributed by atoms with Gasteiger partial charge in [0.15, 0.2) is 0 Å². The standard InChI is InChI=1S/C33H68N2OS2/c1-5-7-9-11-13-15-17-19-21-23-27-37-30-32(29-31(33(34)36)25-26-35(3)4)38-28-24-22-20-18-16-14-12-10-8-6-2/h31-32H,5-30H2,1-4H3,(H2,34,36). The first-order valence-electron chi connectivity index (χ1n) is 16.6. The van der Waals surface area contributed by atoms with Crippen molar-refractivity contribution in [3.05, 3.63) is 0 Å². The van der Waals surface area contributed by atoms with Gasteiger partial charge in [-0.05, 0) is 57.8 Å². The minimum atomic E-state index is -0.101. The van der Waals surface area contributed by atoms with Crippen LogP contribution < -0.4 is 5.73 Å². The van der Waals surface area contributed by atoms with Crippen LogP contribution in [0, 0.1) is 5.92 Å². The maximum Gasteiger partial charge on any atom is 0.220 e. The number of carbonyl (C=O) groups is 1. The van der Waals surface area contributed by atoms with Gasteiger partial charge in [-0.2, -0.15) is 23.5 Å². The summed E-state index contributed by atoms with van der Waals surface area (Å²) in [6.07, 6.45) is 29.8. The highest BCUT2D eigenvalue weighted by Gasteiger charge is 2.21. The van der Waals surface area contributed by atoms with Crippen LogP contribution in [0.4, 0.5) is 0 Å². The quantitative estimate of drug-likeness (QED) is 0.0839. The molecular weight excluding hydrogens is 505 g/mol. The number of carbonyl (C=O) groups excluding carboxylic acids is 1. The summed E-state index contributed by atoms with van der Waals surface area (Å²) < 4.78 is 0. The van der Waals surface area contributed by atoms with Crippen molar-refractivity contribution >= 4 is 29.4 Å². The lowest BCUT2D eigenvalue weighted by molar-refractivity contribution is -0.122. The van der Waals surface area contributed by atoms with E-state index in [1.807, 2.05) is 0 Å². The van der Waals surface area contributed by atoms with Crippen LogP contribution in [-0.4, -0.2) is 54.0 Å². The predicted octanol–water partition coefficient (Wildman–Crippen LogP) is 10.1. The minimum Gasteiger partial charge on any atom is -0.369 e. The molecule has 228 valence electrons. The Balaban J connectivity index is 4.15. The van der Waals surface area contributed by atoms with Gasteiger partial charge >= 0.3 is 0 Å². The molecule has 38 heavy (non-hydrogen) atoms. The molecule has 0 saturated heterocycles. The van der Waals surface area contributed by atoms with E-state index in [0.29, 0.717) is 5.25 Å². The van der Waals surface area contributed by atoms with Crippen molar-refractivity contribution in [1.82, 2.24) is 4.90 Å². The molecule has 0 saturated carbocycles. The summed E-state index contributed by atoms with van der Waals surface area (Å²) in [5.41, 5.74) is 5.83. The Morgan fingerprint density at radius 2 is 1.08 bits per heavy atom. The molecule has 2 unspecified atom stereocenters. The fourth-order valence-electron chi connectivity index (χ4n) is 5.04. The number of primary amides is 1. The predicted molar refractivity (Wildman–Crippen MR) is 178 cm³/mol. The van der Waals surface area contributed by atoms with E-state index in [4.69, 9.17) is 5.73 Å². The van der Waals surface area contributed by atoms with E-state index in [0.717, 1.165) is 19.4 Å². The summed E-state index contributed by atoms with van der Waals surface area (Å²) in [4.78, 5) is 14.3. The van der Waals surface area contributed by atoms with E-state index in [1.165, 1.54) is 146 Å². The largest absolute Gasteiger partial charge is 0.369 e. The van der Waals surface area contributed by atoms with Crippen molar-refractivity contribution in [3.8, 4) is 0 Å². The number of hydrogen-bond acceptors (Lipinski definition) is 4. The summed E-state index contributed by atoms with van der Waals surface area (Å²) in [6.45, 7) is 5.52. The maximum absolute atomic E-state index is 12.2. The van der Waals surface area contributed by atoms with E-state index in [-0.39, 0.29) is 11.8 Å². The van der Waals surface area contributed by atoms with Crippen LogP contribution in [0.25, 0.3) is 0 Å². The molecule has 0 heterocycles. The fourth-order valence-corrected chi connectivity index (χ4v) is 7.76. The number of rotatable bonds is 31. The number of nitrogens with two attached hydrogens (primary N) is 1. The van der Waals surface area contributed by atoms with Crippen LogP contribution in [0.15, 0.2) is 0 Å². The second-order valence-corrected chi connectivity index (χ2v) is 14.4. The molecule has 5 heteroatoms. The monoisotopic (exact) mass is 572 g/mol. The first kappa shape index (κ1) is 38.1. The highest BCUT2D eigenvalue weighted by Crippen LogP contribution is 2.27. The first-order chi connectivity index (χ1) is 18.5. The first-order valence-corrected chi connectivity index (χ1v) is 18.8. The van der Waals surface area contributed by atoms with Crippen molar-refractivity contribution in [2.45, 2.75) is 160 Å². The van der Waals surface area contributed by atoms with Crippen LogP contribution >= 0.6 is 23.5 Å². The van der Waals surface area contributed by atoms with Crippen molar-refractivity contribution in [3.63, 3.8) is 0 Å². The van der Waals surface area contributed by atoms with Crippen molar-refractivity contribution < 1.29 is 4.79 Å². The van der Waals surface area contributed by atoms with E-state index < -0.39 is 0 Å². The zero-order valence-corrected chi connectivity index (χ0v) is 27.9. The number of hydrogen-bond donors (Lipinski definition) is 1. The summed E-state index contributed by atoms with van der Waals surface area (Å²) in [7, 11) is 4.16. The molecule has 0 aliphatic rings. The highest BCUT2D eigenvalue weighted by molar-refractivity contribution is 8.03. The van der Waals surface area contributed by atoms with Crippen LogP contribution in [-0.2, 0) is 4.79 Å². The molecule has 0 fully saturated rings. The summed E-state index contributed by atoms with van der Waals surface area (Å²) in [5, 5.41) is 0.557. The third-order valence-corrected chi connectivity index (χ3v) is 10.5. The summed E-state index contributed by atoms with van der Waals surface area (Å²) in [5.74, 6) is 3.59.